The minimum atomic E-state index is -0.418. The van der Waals surface area contributed by atoms with E-state index >= 15 is 0 Å². The molecule has 0 saturated heterocycles. The molecule has 0 aromatic heterocycles. The Hall–Kier alpha value is -1.62. The predicted molar refractivity (Wildman–Crippen MR) is 79.5 cm³/mol. The summed E-state index contributed by atoms with van der Waals surface area (Å²) in [7, 11) is 1.71. The quantitative estimate of drug-likeness (QED) is 0.897. The van der Waals surface area contributed by atoms with Crippen molar-refractivity contribution in [3.05, 3.63) is 35.1 Å². The van der Waals surface area contributed by atoms with E-state index in [1.54, 1.807) is 31.0 Å². The molecular weight excluding hydrogens is 271 g/mol. The number of aliphatic hydroxyl groups excluding tert-OH is 1. The van der Waals surface area contributed by atoms with E-state index in [1.165, 1.54) is 6.07 Å². The third-order valence-corrected chi connectivity index (χ3v) is 3.95. The van der Waals surface area contributed by atoms with Gasteiger partial charge in [-0.05, 0) is 55.9 Å². The molecule has 2 amide bonds. The van der Waals surface area contributed by atoms with Crippen LogP contribution in [-0.2, 0) is 6.42 Å². The fraction of sp³-hybridized carbons (Fsp3) is 0.562. The van der Waals surface area contributed by atoms with E-state index in [2.05, 4.69) is 5.32 Å². The summed E-state index contributed by atoms with van der Waals surface area (Å²) in [4.78, 5) is 13.7. The molecule has 1 aromatic rings. The van der Waals surface area contributed by atoms with Crippen LogP contribution < -0.4 is 5.32 Å². The molecule has 0 heterocycles. The average Bonchev–Trinajstić information content (AvgIpc) is 2.44. The summed E-state index contributed by atoms with van der Waals surface area (Å²) in [6.45, 7) is 2.21. The number of fused-ring (bicyclic) bond motifs is 1. The Morgan fingerprint density at radius 3 is 3.05 bits per heavy atom. The van der Waals surface area contributed by atoms with Crippen molar-refractivity contribution in [2.45, 2.75) is 44.8 Å². The first-order valence-corrected chi connectivity index (χ1v) is 7.45. The first-order chi connectivity index (χ1) is 9.97. The van der Waals surface area contributed by atoms with Crippen molar-refractivity contribution in [1.29, 1.82) is 0 Å². The summed E-state index contributed by atoms with van der Waals surface area (Å²) in [6, 6.07) is 4.56. The highest BCUT2D eigenvalue weighted by molar-refractivity contribution is 5.74. The molecule has 2 atom stereocenters. The van der Waals surface area contributed by atoms with E-state index in [9.17, 15) is 14.3 Å². The maximum Gasteiger partial charge on any atom is 0.317 e. The zero-order valence-electron chi connectivity index (χ0n) is 12.6. The van der Waals surface area contributed by atoms with Gasteiger partial charge < -0.3 is 15.3 Å². The van der Waals surface area contributed by atoms with Crippen LogP contribution >= 0.6 is 0 Å². The largest absolute Gasteiger partial charge is 0.393 e. The lowest BCUT2D eigenvalue weighted by Gasteiger charge is -2.28. The van der Waals surface area contributed by atoms with Gasteiger partial charge >= 0.3 is 6.03 Å². The van der Waals surface area contributed by atoms with Crippen LogP contribution in [0.1, 0.15) is 43.4 Å². The number of hydrogen-bond acceptors (Lipinski definition) is 2. The highest BCUT2D eigenvalue weighted by Crippen LogP contribution is 2.30. The third kappa shape index (κ3) is 4.17. The second-order valence-electron chi connectivity index (χ2n) is 5.80. The number of aryl methyl sites for hydroxylation is 1. The van der Waals surface area contributed by atoms with Crippen LogP contribution in [0.15, 0.2) is 18.2 Å². The third-order valence-electron chi connectivity index (χ3n) is 3.95. The minimum Gasteiger partial charge on any atom is -0.393 e. The molecular formula is C16H23FN2O2. The highest BCUT2D eigenvalue weighted by atomic mass is 19.1. The van der Waals surface area contributed by atoms with E-state index in [1.807, 2.05) is 0 Å². The molecule has 0 bridgehead atoms. The van der Waals surface area contributed by atoms with Gasteiger partial charge in [0.2, 0.25) is 0 Å². The topological polar surface area (TPSA) is 52.6 Å². The van der Waals surface area contributed by atoms with Crippen molar-refractivity contribution in [2.24, 2.45) is 0 Å². The van der Waals surface area contributed by atoms with E-state index in [-0.39, 0.29) is 17.9 Å². The molecule has 0 fully saturated rings. The molecule has 0 saturated carbocycles. The number of halogens is 1. The summed E-state index contributed by atoms with van der Waals surface area (Å²) in [5, 5.41) is 12.3. The van der Waals surface area contributed by atoms with Crippen molar-refractivity contribution < 1.29 is 14.3 Å². The molecule has 116 valence electrons. The lowest BCUT2D eigenvalue weighted by Crippen LogP contribution is -2.41. The maximum absolute atomic E-state index is 13.3. The number of amides is 2. The molecule has 2 unspecified atom stereocenters. The number of hydrogen-bond donors (Lipinski definition) is 2. The molecule has 21 heavy (non-hydrogen) atoms. The molecule has 1 aromatic carbocycles. The van der Waals surface area contributed by atoms with Crippen molar-refractivity contribution in [2.75, 3.05) is 13.6 Å². The predicted octanol–water partition coefficient (Wildman–Crippen LogP) is 2.62. The lowest BCUT2D eigenvalue weighted by molar-refractivity contribution is 0.162. The van der Waals surface area contributed by atoms with Gasteiger partial charge in [-0.3, -0.25) is 0 Å². The van der Waals surface area contributed by atoms with Gasteiger partial charge in [0.1, 0.15) is 5.82 Å². The van der Waals surface area contributed by atoms with Gasteiger partial charge in [0.15, 0.2) is 0 Å². The molecule has 0 aliphatic heterocycles. The second kappa shape index (κ2) is 6.89. The zero-order chi connectivity index (χ0) is 15.4. The first kappa shape index (κ1) is 15.8. The van der Waals surface area contributed by atoms with E-state index < -0.39 is 6.10 Å². The smallest absolute Gasteiger partial charge is 0.317 e. The second-order valence-corrected chi connectivity index (χ2v) is 5.80. The molecule has 4 nitrogen and oxygen atoms in total. The maximum atomic E-state index is 13.3. The van der Waals surface area contributed by atoms with E-state index in [0.717, 1.165) is 30.4 Å². The van der Waals surface area contributed by atoms with Gasteiger partial charge in [-0.2, -0.15) is 0 Å². The summed E-state index contributed by atoms with van der Waals surface area (Å²) in [5.41, 5.74) is 2.00. The van der Waals surface area contributed by atoms with Crippen molar-refractivity contribution in [3.63, 3.8) is 0 Å². The van der Waals surface area contributed by atoms with Crippen molar-refractivity contribution >= 4 is 6.03 Å². The van der Waals surface area contributed by atoms with Gasteiger partial charge in [-0.15, -0.1) is 0 Å². The van der Waals surface area contributed by atoms with Gasteiger partial charge in [0.05, 0.1) is 12.1 Å². The van der Waals surface area contributed by atoms with Crippen molar-refractivity contribution in [1.82, 2.24) is 10.2 Å². The highest BCUT2D eigenvalue weighted by Gasteiger charge is 2.23. The van der Waals surface area contributed by atoms with Crippen LogP contribution in [0.5, 0.6) is 0 Å². The summed E-state index contributed by atoms with van der Waals surface area (Å²) in [6.07, 6.45) is 2.81. The Morgan fingerprint density at radius 1 is 1.57 bits per heavy atom. The number of aliphatic hydroxyl groups is 1. The van der Waals surface area contributed by atoms with Crippen LogP contribution in [0.3, 0.4) is 0 Å². The van der Waals surface area contributed by atoms with Gasteiger partial charge in [-0.1, -0.05) is 6.07 Å². The van der Waals surface area contributed by atoms with E-state index in [0.29, 0.717) is 13.0 Å². The number of benzene rings is 1. The van der Waals surface area contributed by atoms with Crippen LogP contribution in [-0.4, -0.2) is 35.7 Å². The number of rotatable bonds is 4. The molecule has 1 aliphatic rings. The Balaban J connectivity index is 1.99. The van der Waals surface area contributed by atoms with Gasteiger partial charge in [0.25, 0.3) is 0 Å². The molecule has 0 radical (unpaired) electrons. The molecule has 5 heteroatoms. The number of urea groups is 1. The summed E-state index contributed by atoms with van der Waals surface area (Å²) >= 11 is 0. The summed E-state index contributed by atoms with van der Waals surface area (Å²) in [5.74, 6) is -0.227. The standard InChI is InChI=1S/C16H23FN2O2/c1-11(20)8-9-19(2)16(21)18-15-5-3-4-12-10-13(17)6-7-14(12)15/h6-7,10-11,15,20H,3-5,8-9H2,1-2H3,(H,18,21). The van der Waals surface area contributed by atoms with Crippen LogP contribution in [0.25, 0.3) is 0 Å². The van der Waals surface area contributed by atoms with Crippen molar-refractivity contribution in [3.8, 4) is 0 Å². The number of nitrogens with one attached hydrogen (secondary N) is 1. The zero-order valence-corrected chi connectivity index (χ0v) is 12.6. The Kier molecular flexibility index (Phi) is 5.17. The SMILES string of the molecule is CC(O)CCN(C)C(=O)NC1CCCc2cc(F)ccc21. The van der Waals surface area contributed by atoms with Crippen LogP contribution in [0, 0.1) is 5.82 Å². The Labute approximate surface area is 125 Å². The molecule has 2 N–H and O–H groups in total. The van der Waals surface area contributed by atoms with Gasteiger partial charge in [0, 0.05) is 13.6 Å². The van der Waals surface area contributed by atoms with Gasteiger partial charge in [-0.25, -0.2) is 9.18 Å². The molecule has 1 aliphatic carbocycles. The number of nitrogens with zero attached hydrogens (tertiary/aromatic N) is 1. The van der Waals surface area contributed by atoms with E-state index in [4.69, 9.17) is 0 Å². The van der Waals surface area contributed by atoms with Crippen LogP contribution in [0.4, 0.5) is 9.18 Å². The normalized spacial score (nSPS) is 18.8. The fourth-order valence-corrected chi connectivity index (χ4v) is 2.67. The van der Waals surface area contributed by atoms with Crippen LogP contribution in [0.2, 0.25) is 0 Å². The average molecular weight is 294 g/mol. The Bertz CT molecular complexity index is 505. The Morgan fingerprint density at radius 2 is 2.33 bits per heavy atom. The number of carbonyl (C=O) groups excluding carboxylic acids is 1. The molecule has 0 spiro atoms. The lowest BCUT2D eigenvalue weighted by atomic mass is 9.87. The first-order valence-electron chi connectivity index (χ1n) is 7.45. The molecule has 2 rings (SSSR count). The fourth-order valence-electron chi connectivity index (χ4n) is 2.67. The monoisotopic (exact) mass is 294 g/mol. The minimum absolute atomic E-state index is 0.0594. The summed E-state index contributed by atoms with van der Waals surface area (Å²) < 4.78 is 13.3. The number of carbonyl (C=O) groups is 1.